The van der Waals surface area contributed by atoms with Gasteiger partial charge in [0.15, 0.2) is 0 Å². The van der Waals surface area contributed by atoms with Crippen LogP contribution in [0.3, 0.4) is 0 Å². The first-order valence-corrected chi connectivity index (χ1v) is 9.00. The number of hydrogen-bond donors (Lipinski definition) is 2. The SMILES string of the molecule is CCC(NS(=O)(=O)c1cc(Br)c(Cl)c(C(=O)O)c1)C(C)C. The molecule has 1 unspecified atom stereocenters. The van der Waals surface area contributed by atoms with Crippen molar-refractivity contribution >= 4 is 43.5 Å². The second-order valence-electron chi connectivity index (χ2n) is 4.95. The molecule has 0 aliphatic heterocycles. The molecular weight excluding hydrogens is 382 g/mol. The van der Waals surface area contributed by atoms with E-state index in [0.717, 1.165) is 6.07 Å². The topological polar surface area (TPSA) is 83.5 Å². The Morgan fingerprint density at radius 1 is 1.43 bits per heavy atom. The highest BCUT2D eigenvalue weighted by Crippen LogP contribution is 2.30. The lowest BCUT2D eigenvalue weighted by Gasteiger charge is -2.21. The summed E-state index contributed by atoms with van der Waals surface area (Å²) in [4.78, 5) is 11.0. The van der Waals surface area contributed by atoms with Crippen LogP contribution in [0.15, 0.2) is 21.5 Å². The maximum atomic E-state index is 12.4. The van der Waals surface area contributed by atoms with Gasteiger partial charge in [0.05, 0.1) is 15.5 Å². The van der Waals surface area contributed by atoms with Crippen molar-refractivity contribution in [2.45, 2.75) is 38.1 Å². The number of carboxylic acids is 1. The van der Waals surface area contributed by atoms with Gasteiger partial charge in [0.2, 0.25) is 10.0 Å². The minimum absolute atomic E-state index is 0.0302. The Morgan fingerprint density at radius 2 is 2.00 bits per heavy atom. The molecule has 21 heavy (non-hydrogen) atoms. The van der Waals surface area contributed by atoms with Gasteiger partial charge in [-0.3, -0.25) is 0 Å². The van der Waals surface area contributed by atoms with Crippen LogP contribution in [0.1, 0.15) is 37.6 Å². The van der Waals surface area contributed by atoms with Gasteiger partial charge >= 0.3 is 5.97 Å². The third kappa shape index (κ3) is 4.42. The highest BCUT2D eigenvalue weighted by molar-refractivity contribution is 9.10. The van der Waals surface area contributed by atoms with Gasteiger partial charge in [-0.15, -0.1) is 0 Å². The first kappa shape index (κ1) is 18.4. The Labute approximate surface area is 137 Å². The molecule has 0 saturated heterocycles. The zero-order valence-electron chi connectivity index (χ0n) is 11.9. The summed E-state index contributed by atoms with van der Waals surface area (Å²) in [7, 11) is -3.81. The van der Waals surface area contributed by atoms with E-state index < -0.39 is 16.0 Å². The average molecular weight is 399 g/mol. The molecule has 1 aromatic carbocycles. The van der Waals surface area contributed by atoms with E-state index in [4.69, 9.17) is 16.7 Å². The summed E-state index contributed by atoms with van der Waals surface area (Å²) in [6.45, 7) is 5.71. The summed E-state index contributed by atoms with van der Waals surface area (Å²) >= 11 is 8.93. The number of nitrogens with one attached hydrogen (secondary N) is 1. The van der Waals surface area contributed by atoms with Crippen LogP contribution in [0.2, 0.25) is 5.02 Å². The molecule has 0 heterocycles. The van der Waals surface area contributed by atoms with Crippen LogP contribution >= 0.6 is 27.5 Å². The fraction of sp³-hybridized carbons (Fsp3) is 0.462. The van der Waals surface area contributed by atoms with E-state index >= 15 is 0 Å². The Kier molecular flexibility index (Phi) is 6.22. The average Bonchev–Trinajstić information content (AvgIpc) is 2.38. The monoisotopic (exact) mass is 397 g/mol. The first-order chi connectivity index (χ1) is 9.60. The zero-order chi connectivity index (χ0) is 16.4. The second-order valence-corrected chi connectivity index (χ2v) is 7.90. The summed E-state index contributed by atoms with van der Waals surface area (Å²) in [5.41, 5.74) is -0.260. The van der Waals surface area contributed by atoms with Crippen molar-refractivity contribution < 1.29 is 18.3 Å². The molecule has 0 fully saturated rings. The second kappa shape index (κ2) is 7.09. The predicted molar refractivity (Wildman–Crippen MR) is 85.3 cm³/mol. The van der Waals surface area contributed by atoms with E-state index in [0.29, 0.717) is 6.42 Å². The van der Waals surface area contributed by atoms with Crippen LogP contribution in [0, 0.1) is 5.92 Å². The summed E-state index contributed by atoms with van der Waals surface area (Å²) < 4.78 is 27.6. The van der Waals surface area contributed by atoms with Gasteiger partial charge in [-0.2, -0.15) is 0 Å². The normalized spacial score (nSPS) is 13.4. The summed E-state index contributed by atoms with van der Waals surface area (Å²) in [5, 5.41) is 9.05. The molecule has 0 aliphatic carbocycles. The van der Waals surface area contributed by atoms with Crippen molar-refractivity contribution in [2.24, 2.45) is 5.92 Å². The van der Waals surface area contributed by atoms with Crippen molar-refractivity contribution in [2.75, 3.05) is 0 Å². The molecule has 8 heteroatoms. The van der Waals surface area contributed by atoms with Crippen LogP contribution in [-0.4, -0.2) is 25.5 Å². The van der Waals surface area contributed by atoms with E-state index in [2.05, 4.69) is 20.7 Å². The standard InChI is InChI=1S/C13H17BrClNO4S/c1-4-11(7(2)3)16-21(19,20)8-5-9(13(17)18)12(15)10(14)6-8/h5-7,11,16H,4H2,1-3H3,(H,17,18). The predicted octanol–water partition coefficient (Wildman–Crippen LogP) is 3.51. The van der Waals surface area contributed by atoms with Crippen LogP contribution in [-0.2, 0) is 10.0 Å². The number of rotatable bonds is 6. The highest BCUT2D eigenvalue weighted by Gasteiger charge is 2.24. The summed E-state index contributed by atoms with van der Waals surface area (Å²) in [6.07, 6.45) is 0.636. The van der Waals surface area contributed by atoms with Gasteiger partial charge < -0.3 is 5.11 Å². The van der Waals surface area contributed by atoms with Crippen LogP contribution < -0.4 is 4.72 Å². The lowest BCUT2D eigenvalue weighted by molar-refractivity contribution is 0.0696. The van der Waals surface area contributed by atoms with Crippen molar-refractivity contribution in [3.8, 4) is 0 Å². The number of hydrogen-bond acceptors (Lipinski definition) is 3. The number of carboxylic acid groups (broad SMARTS) is 1. The molecule has 0 spiro atoms. The fourth-order valence-electron chi connectivity index (χ4n) is 1.83. The molecule has 0 saturated carbocycles. The fourth-order valence-corrected chi connectivity index (χ4v) is 4.15. The number of benzene rings is 1. The van der Waals surface area contributed by atoms with Gasteiger partial charge in [-0.25, -0.2) is 17.9 Å². The maximum absolute atomic E-state index is 12.4. The molecule has 2 N–H and O–H groups in total. The van der Waals surface area contributed by atoms with E-state index in [9.17, 15) is 13.2 Å². The number of aromatic carboxylic acids is 1. The lowest BCUT2D eigenvalue weighted by atomic mass is 10.0. The molecule has 1 atom stereocenters. The first-order valence-electron chi connectivity index (χ1n) is 6.34. The minimum atomic E-state index is -3.81. The summed E-state index contributed by atoms with van der Waals surface area (Å²) in [6, 6.07) is 2.13. The van der Waals surface area contributed by atoms with E-state index in [1.807, 2.05) is 20.8 Å². The summed E-state index contributed by atoms with van der Waals surface area (Å²) in [5.74, 6) is -1.16. The van der Waals surface area contributed by atoms with Crippen LogP contribution in [0.4, 0.5) is 0 Å². The Balaban J connectivity index is 3.29. The lowest BCUT2D eigenvalue weighted by Crippen LogP contribution is -2.38. The Bertz CT molecular complexity index is 646. The molecule has 5 nitrogen and oxygen atoms in total. The van der Waals surface area contributed by atoms with E-state index in [-0.39, 0.29) is 31.9 Å². The van der Waals surface area contributed by atoms with E-state index in [1.54, 1.807) is 0 Å². The van der Waals surface area contributed by atoms with Gasteiger partial charge in [-0.1, -0.05) is 32.4 Å². The maximum Gasteiger partial charge on any atom is 0.337 e. The van der Waals surface area contributed by atoms with Crippen molar-refractivity contribution in [3.63, 3.8) is 0 Å². The smallest absolute Gasteiger partial charge is 0.337 e. The molecule has 1 rings (SSSR count). The Morgan fingerprint density at radius 3 is 2.43 bits per heavy atom. The van der Waals surface area contributed by atoms with Gasteiger partial charge in [0.1, 0.15) is 0 Å². The molecule has 0 bridgehead atoms. The molecule has 0 amide bonds. The molecular formula is C13H17BrClNO4S. The third-order valence-electron chi connectivity index (χ3n) is 3.09. The quantitative estimate of drug-likeness (QED) is 0.768. The molecule has 0 radical (unpaired) electrons. The van der Waals surface area contributed by atoms with Crippen LogP contribution in [0.25, 0.3) is 0 Å². The largest absolute Gasteiger partial charge is 0.478 e. The molecule has 118 valence electrons. The van der Waals surface area contributed by atoms with Gasteiger partial charge in [0, 0.05) is 10.5 Å². The number of sulfonamides is 1. The number of halogens is 2. The highest BCUT2D eigenvalue weighted by atomic mass is 79.9. The Hall–Kier alpha value is -0.630. The molecule has 0 aliphatic rings. The molecule has 1 aromatic rings. The van der Waals surface area contributed by atoms with Gasteiger partial charge in [0.25, 0.3) is 0 Å². The number of carbonyl (C=O) groups is 1. The van der Waals surface area contributed by atoms with Crippen LogP contribution in [0.5, 0.6) is 0 Å². The van der Waals surface area contributed by atoms with E-state index in [1.165, 1.54) is 6.07 Å². The van der Waals surface area contributed by atoms with Crippen molar-refractivity contribution in [3.05, 3.63) is 27.2 Å². The zero-order valence-corrected chi connectivity index (χ0v) is 15.0. The van der Waals surface area contributed by atoms with Crippen molar-refractivity contribution in [1.82, 2.24) is 4.72 Å². The van der Waals surface area contributed by atoms with Crippen molar-refractivity contribution in [1.29, 1.82) is 0 Å². The minimum Gasteiger partial charge on any atom is -0.478 e. The third-order valence-corrected chi connectivity index (χ3v) is 5.82. The molecule has 0 aromatic heterocycles. The van der Waals surface area contributed by atoms with Gasteiger partial charge in [-0.05, 0) is 40.4 Å².